The second kappa shape index (κ2) is 3.47. The van der Waals surface area contributed by atoms with Crippen LogP contribution in [-0.2, 0) is 4.74 Å². The average Bonchev–Trinajstić information content (AvgIpc) is 1.90. The van der Waals surface area contributed by atoms with E-state index in [-0.39, 0.29) is 0 Å². The molecule has 0 aromatic rings. The van der Waals surface area contributed by atoms with E-state index in [0.29, 0.717) is 0 Å². The van der Waals surface area contributed by atoms with Gasteiger partial charge < -0.3 is 4.74 Å². The molecule has 0 N–H and O–H groups in total. The summed E-state index contributed by atoms with van der Waals surface area (Å²) in [6.07, 6.45) is 0. The lowest BCUT2D eigenvalue weighted by atomic mass is 10.1. The topological polar surface area (TPSA) is 9.23 Å². The zero-order valence-electron chi connectivity index (χ0n) is 6.09. The lowest BCUT2D eigenvalue weighted by molar-refractivity contribution is 0.134. The van der Waals surface area contributed by atoms with E-state index in [1.807, 2.05) is 11.8 Å². The minimum Gasteiger partial charge on any atom is -0.379 e. The van der Waals surface area contributed by atoms with Crippen molar-refractivity contribution in [1.82, 2.24) is 0 Å². The number of hydrogen-bond donors (Lipinski definition) is 0. The van der Waals surface area contributed by atoms with Gasteiger partial charge in [0.2, 0.25) is 0 Å². The van der Waals surface area contributed by atoms with Crippen LogP contribution in [0.15, 0.2) is 0 Å². The second-order valence-corrected chi connectivity index (χ2v) is 4.08. The van der Waals surface area contributed by atoms with Crippen LogP contribution in [0.25, 0.3) is 0 Å². The van der Waals surface area contributed by atoms with Crippen molar-refractivity contribution < 1.29 is 4.74 Å². The molecule has 54 valence electrons. The largest absolute Gasteiger partial charge is 0.379 e. The Bertz CT molecular complexity index is 77.0. The lowest BCUT2D eigenvalue weighted by Crippen LogP contribution is -2.24. The van der Waals surface area contributed by atoms with Crippen LogP contribution in [0.4, 0.5) is 0 Å². The molecule has 0 aromatic carbocycles. The Kier molecular flexibility index (Phi) is 2.86. The summed E-state index contributed by atoms with van der Waals surface area (Å²) in [4.78, 5) is 0. The molecule has 0 aliphatic carbocycles. The molecule has 0 radical (unpaired) electrons. The molecule has 0 saturated carbocycles. The maximum atomic E-state index is 5.32. The standard InChI is InChI=1S/C7H14OS/c1-6(2)7-5-8-3-4-9-7/h6-7H,3-5H2,1-2H3. The first-order valence-corrected chi connectivity index (χ1v) is 4.55. The quantitative estimate of drug-likeness (QED) is 0.557. The third-order valence-electron chi connectivity index (χ3n) is 1.59. The molecule has 0 bridgehead atoms. The summed E-state index contributed by atoms with van der Waals surface area (Å²) in [5.74, 6) is 1.96. The van der Waals surface area contributed by atoms with E-state index < -0.39 is 0 Å². The van der Waals surface area contributed by atoms with Crippen molar-refractivity contribution in [2.45, 2.75) is 19.1 Å². The van der Waals surface area contributed by atoms with Crippen molar-refractivity contribution in [3.63, 3.8) is 0 Å². The van der Waals surface area contributed by atoms with Crippen LogP contribution in [-0.4, -0.2) is 24.2 Å². The number of thioether (sulfide) groups is 1. The Hall–Kier alpha value is 0.310. The second-order valence-electron chi connectivity index (χ2n) is 2.73. The summed E-state index contributed by atoms with van der Waals surface area (Å²) in [6.45, 7) is 6.43. The third kappa shape index (κ3) is 2.18. The van der Waals surface area contributed by atoms with E-state index in [1.165, 1.54) is 5.75 Å². The molecule has 9 heavy (non-hydrogen) atoms. The highest BCUT2D eigenvalue weighted by atomic mass is 32.2. The van der Waals surface area contributed by atoms with Gasteiger partial charge in [0.15, 0.2) is 0 Å². The van der Waals surface area contributed by atoms with E-state index in [9.17, 15) is 0 Å². The van der Waals surface area contributed by atoms with Gasteiger partial charge in [0.1, 0.15) is 0 Å². The number of hydrogen-bond acceptors (Lipinski definition) is 2. The Morgan fingerprint density at radius 2 is 2.33 bits per heavy atom. The fourth-order valence-corrected chi connectivity index (χ4v) is 1.99. The van der Waals surface area contributed by atoms with E-state index in [2.05, 4.69) is 13.8 Å². The van der Waals surface area contributed by atoms with Gasteiger partial charge in [-0.25, -0.2) is 0 Å². The molecule has 1 nitrogen and oxygen atoms in total. The average molecular weight is 146 g/mol. The molecule has 0 spiro atoms. The van der Waals surface area contributed by atoms with Crippen LogP contribution in [0.3, 0.4) is 0 Å². The zero-order valence-corrected chi connectivity index (χ0v) is 6.91. The highest BCUT2D eigenvalue weighted by Crippen LogP contribution is 2.22. The smallest absolute Gasteiger partial charge is 0.0587 e. The van der Waals surface area contributed by atoms with Crippen molar-refractivity contribution in [3.05, 3.63) is 0 Å². The number of ether oxygens (including phenoxy) is 1. The molecule has 1 atom stereocenters. The first kappa shape index (κ1) is 7.42. The van der Waals surface area contributed by atoms with E-state index >= 15 is 0 Å². The maximum absolute atomic E-state index is 5.32. The van der Waals surface area contributed by atoms with Crippen LogP contribution >= 0.6 is 11.8 Å². The van der Waals surface area contributed by atoms with Crippen molar-refractivity contribution in [1.29, 1.82) is 0 Å². The predicted molar refractivity (Wildman–Crippen MR) is 41.9 cm³/mol. The first-order chi connectivity index (χ1) is 4.30. The van der Waals surface area contributed by atoms with Crippen LogP contribution in [0.1, 0.15) is 13.8 Å². The van der Waals surface area contributed by atoms with Crippen LogP contribution in [0, 0.1) is 5.92 Å². The molecule has 1 aliphatic rings. The van der Waals surface area contributed by atoms with E-state index in [4.69, 9.17) is 4.74 Å². The maximum Gasteiger partial charge on any atom is 0.0587 e. The van der Waals surface area contributed by atoms with E-state index in [1.54, 1.807) is 0 Å². The summed E-state index contributed by atoms with van der Waals surface area (Å²) < 4.78 is 5.32. The van der Waals surface area contributed by atoms with E-state index in [0.717, 1.165) is 24.4 Å². The SMILES string of the molecule is CC(C)C1COCCS1. The van der Waals surface area contributed by atoms with Crippen molar-refractivity contribution >= 4 is 11.8 Å². The summed E-state index contributed by atoms with van der Waals surface area (Å²) in [5.41, 5.74) is 0. The van der Waals surface area contributed by atoms with Crippen molar-refractivity contribution in [3.8, 4) is 0 Å². The molecule has 2 heteroatoms. The summed E-state index contributed by atoms with van der Waals surface area (Å²) in [6, 6.07) is 0. The fourth-order valence-electron chi connectivity index (χ4n) is 0.891. The molecule has 1 heterocycles. The molecule has 1 aliphatic heterocycles. The van der Waals surface area contributed by atoms with Gasteiger partial charge >= 0.3 is 0 Å². The molecular weight excluding hydrogens is 132 g/mol. The molecule has 0 aromatic heterocycles. The van der Waals surface area contributed by atoms with Crippen molar-refractivity contribution in [2.75, 3.05) is 19.0 Å². The molecular formula is C7H14OS. The minimum atomic E-state index is 0.749. The summed E-state index contributed by atoms with van der Waals surface area (Å²) in [5, 5.41) is 0.749. The van der Waals surface area contributed by atoms with Gasteiger partial charge in [-0.15, -0.1) is 0 Å². The molecule has 1 rings (SSSR count). The molecule has 0 amide bonds. The van der Waals surface area contributed by atoms with Gasteiger partial charge in [0, 0.05) is 11.0 Å². The van der Waals surface area contributed by atoms with Crippen LogP contribution in [0.5, 0.6) is 0 Å². The van der Waals surface area contributed by atoms with Gasteiger partial charge in [-0.3, -0.25) is 0 Å². The fraction of sp³-hybridized carbons (Fsp3) is 1.00. The van der Waals surface area contributed by atoms with Gasteiger partial charge in [0.05, 0.1) is 13.2 Å². The normalized spacial score (nSPS) is 29.0. The highest BCUT2D eigenvalue weighted by molar-refractivity contribution is 8.00. The Morgan fingerprint density at radius 1 is 1.56 bits per heavy atom. The monoisotopic (exact) mass is 146 g/mol. The summed E-state index contributed by atoms with van der Waals surface area (Å²) in [7, 11) is 0. The zero-order chi connectivity index (χ0) is 6.69. The number of rotatable bonds is 1. The Labute approximate surface area is 61.2 Å². The van der Waals surface area contributed by atoms with Gasteiger partial charge in [0.25, 0.3) is 0 Å². The van der Waals surface area contributed by atoms with Crippen LogP contribution < -0.4 is 0 Å². The Morgan fingerprint density at radius 3 is 2.67 bits per heavy atom. The van der Waals surface area contributed by atoms with Gasteiger partial charge in [-0.2, -0.15) is 11.8 Å². The lowest BCUT2D eigenvalue weighted by Gasteiger charge is -2.24. The molecule has 1 fully saturated rings. The summed E-state index contributed by atoms with van der Waals surface area (Å²) >= 11 is 2.05. The molecule has 1 saturated heterocycles. The predicted octanol–water partition coefficient (Wildman–Crippen LogP) is 1.77. The minimum absolute atomic E-state index is 0.749. The highest BCUT2D eigenvalue weighted by Gasteiger charge is 2.16. The van der Waals surface area contributed by atoms with Gasteiger partial charge in [-0.1, -0.05) is 13.8 Å². The first-order valence-electron chi connectivity index (χ1n) is 3.50. The van der Waals surface area contributed by atoms with Crippen molar-refractivity contribution in [2.24, 2.45) is 5.92 Å². The van der Waals surface area contributed by atoms with Crippen LogP contribution in [0.2, 0.25) is 0 Å². The third-order valence-corrected chi connectivity index (χ3v) is 3.10. The molecule has 1 unspecified atom stereocenters. The Balaban J connectivity index is 2.23. The van der Waals surface area contributed by atoms with Gasteiger partial charge in [-0.05, 0) is 5.92 Å².